The average molecular weight is 417 g/mol. The molecule has 1 aliphatic carbocycles. The fourth-order valence-corrected chi connectivity index (χ4v) is 3.40. The van der Waals surface area contributed by atoms with Gasteiger partial charge in [-0.05, 0) is 55.7 Å². The van der Waals surface area contributed by atoms with Gasteiger partial charge in [0.2, 0.25) is 10.0 Å². The third-order valence-electron chi connectivity index (χ3n) is 4.39. The fraction of sp³-hybridized carbons (Fsp3) is 0.300. The van der Waals surface area contributed by atoms with Gasteiger partial charge in [0.1, 0.15) is 0 Å². The summed E-state index contributed by atoms with van der Waals surface area (Å²) in [6, 6.07) is 13.0. The highest BCUT2D eigenvalue weighted by Gasteiger charge is 2.23. The van der Waals surface area contributed by atoms with E-state index in [0.717, 1.165) is 19.1 Å². The van der Waals surface area contributed by atoms with Crippen LogP contribution in [0.1, 0.15) is 41.7 Å². The van der Waals surface area contributed by atoms with E-state index in [0.29, 0.717) is 22.5 Å². The van der Waals surface area contributed by atoms with Crippen LogP contribution in [0.4, 0.5) is 16.2 Å². The molecule has 1 fully saturated rings. The molecule has 0 heterocycles. The number of anilines is 2. The zero-order valence-electron chi connectivity index (χ0n) is 16.2. The minimum absolute atomic E-state index is 0.256. The second-order valence-electron chi connectivity index (χ2n) is 7.11. The Labute approximate surface area is 170 Å². The normalized spacial score (nSPS) is 14.6. The number of benzene rings is 2. The van der Waals surface area contributed by atoms with Gasteiger partial charge >= 0.3 is 6.03 Å². The predicted molar refractivity (Wildman–Crippen MR) is 112 cm³/mol. The molecule has 154 valence electrons. The molecule has 1 unspecified atom stereocenters. The van der Waals surface area contributed by atoms with Gasteiger partial charge in [0.25, 0.3) is 5.91 Å². The number of carbonyl (C=O) groups is 2. The standard InChI is InChI=1S/C20H24N4O4S/c1-13(17-5-3-4-6-18(17)24-29(2,27)28)21-19(25)14-7-9-15(10-8-14)22-20(26)23-16-11-12-16/h3-10,13,16,24H,11-12H2,1-2H3,(H,21,25)(H2,22,23,26). The molecule has 9 heteroatoms. The summed E-state index contributed by atoms with van der Waals surface area (Å²) in [5, 5.41) is 8.42. The highest BCUT2D eigenvalue weighted by atomic mass is 32.2. The van der Waals surface area contributed by atoms with Crippen molar-refractivity contribution in [3.05, 3.63) is 59.7 Å². The zero-order chi connectivity index (χ0) is 21.0. The summed E-state index contributed by atoms with van der Waals surface area (Å²) >= 11 is 0. The van der Waals surface area contributed by atoms with E-state index < -0.39 is 16.1 Å². The maximum Gasteiger partial charge on any atom is 0.319 e. The van der Waals surface area contributed by atoms with Crippen LogP contribution in [0.3, 0.4) is 0 Å². The first-order valence-electron chi connectivity index (χ1n) is 9.26. The van der Waals surface area contributed by atoms with Gasteiger partial charge < -0.3 is 16.0 Å². The molecular formula is C20H24N4O4S. The minimum Gasteiger partial charge on any atom is -0.345 e. The molecule has 0 aliphatic heterocycles. The van der Waals surface area contributed by atoms with Crippen LogP contribution in [-0.2, 0) is 10.0 Å². The van der Waals surface area contributed by atoms with Crippen molar-refractivity contribution in [2.45, 2.75) is 31.8 Å². The lowest BCUT2D eigenvalue weighted by Gasteiger charge is -2.18. The number of hydrogen-bond acceptors (Lipinski definition) is 4. The van der Waals surface area contributed by atoms with Crippen LogP contribution in [0.5, 0.6) is 0 Å². The van der Waals surface area contributed by atoms with Gasteiger partial charge in [-0.3, -0.25) is 9.52 Å². The molecule has 0 aromatic heterocycles. The Morgan fingerprint density at radius 2 is 1.69 bits per heavy atom. The average Bonchev–Trinajstić information content (AvgIpc) is 3.45. The Morgan fingerprint density at radius 3 is 2.31 bits per heavy atom. The van der Waals surface area contributed by atoms with Gasteiger partial charge in [-0.1, -0.05) is 18.2 Å². The Bertz CT molecular complexity index is 1000. The van der Waals surface area contributed by atoms with Crippen molar-refractivity contribution in [1.82, 2.24) is 10.6 Å². The van der Waals surface area contributed by atoms with Crippen LogP contribution in [-0.4, -0.2) is 32.7 Å². The molecule has 0 bridgehead atoms. The van der Waals surface area contributed by atoms with E-state index in [1.54, 1.807) is 55.5 Å². The van der Waals surface area contributed by atoms with Crippen molar-refractivity contribution in [3.63, 3.8) is 0 Å². The molecule has 1 saturated carbocycles. The Hall–Kier alpha value is -3.07. The molecule has 4 N–H and O–H groups in total. The maximum absolute atomic E-state index is 12.6. The lowest BCUT2D eigenvalue weighted by Crippen LogP contribution is -2.30. The monoisotopic (exact) mass is 416 g/mol. The summed E-state index contributed by atoms with van der Waals surface area (Å²) in [6.45, 7) is 1.78. The van der Waals surface area contributed by atoms with Crippen LogP contribution in [0.15, 0.2) is 48.5 Å². The summed E-state index contributed by atoms with van der Waals surface area (Å²) in [6.07, 6.45) is 3.09. The van der Waals surface area contributed by atoms with E-state index in [-0.39, 0.29) is 18.0 Å². The molecule has 1 atom stereocenters. The van der Waals surface area contributed by atoms with Crippen molar-refractivity contribution >= 4 is 33.3 Å². The highest BCUT2D eigenvalue weighted by Crippen LogP contribution is 2.24. The number of sulfonamides is 1. The van der Waals surface area contributed by atoms with Crippen molar-refractivity contribution in [2.24, 2.45) is 0 Å². The second-order valence-corrected chi connectivity index (χ2v) is 8.86. The van der Waals surface area contributed by atoms with E-state index in [9.17, 15) is 18.0 Å². The van der Waals surface area contributed by atoms with E-state index in [4.69, 9.17) is 0 Å². The van der Waals surface area contributed by atoms with Crippen LogP contribution < -0.4 is 20.7 Å². The lowest BCUT2D eigenvalue weighted by molar-refractivity contribution is 0.0940. The smallest absolute Gasteiger partial charge is 0.319 e. The topological polar surface area (TPSA) is 116 Å². The molecular weight excluding hydrogens is 392 g/mol. The van der Waals surface area contributed by atoms with Crippen molar-refractivity contribution in [2.75, 3.05) is 16.3 Å². The van der Waals surface area contributed by atoms with Crippen molar-refractivity contribution in [1.29, 1.82) is 0 Å². The number of hydrogen-bond donors (Lipinski definition) is 4. The van der Waals surface area contributed by atoms with Crippen molar-refractivity contribution < 1.29 is 18.0 Å². The molecule has 0 spiro atoms. The molecule has 1 aliphatic rings. The Kier molecular flexibility index (Phi) is 6.07. The number of carbonyl (C=O) groups excluding carboxylic acids is 2. The summed E-state index contributed by atoms with van der Waals surface area (Å²) < 4.78 is 25.6. The SMILES string of the molecule is CC(NC(=O)c1ccc(NC(=O)NC2CC2)cc1)c1ccccc1NS(C)(=O)=O. The molecule has 0 saturated heterocycles. The summed E-state index contributed by atoms with van der Waals surface area (Å²) in [5.74, 6) is -0.305. The highest BCUT2D eigenvalue weighted by molar-refractivity contribution is 7.92. The van der Waals surface area contributed by atoms with E-state index in [1.165, 1.54) is 0 Å². The van der Waals surface area contributed by atoms with Gasteiger partial charge in [0.15, 0.2) is 0 Å². The van der Waals surface area contributed by atoms with Gasteiger partial charge in [-0.2, -0.15) is 0 Å². The first-order valence-corrected chi connectivity index (χ1v) is 11.2. The molecule has 0 radical (unpaired) electrons. The minimum atomic E-state index is -3.43. The largest absolute Gasteiger partial charge is 0.345 e. The third-order valence-corrected chi connectivity index (χ3v) is 4.98. The maximum atomic E-state index is 12.6. The molecule has 3 rings (SSSR count). The number of amides is 3. The molecule has 8 nitrogen and oxygen atoms in total. The summed E-state index contributed by atoms with van der Waals surface area (Å²) in [5.41, 5.74) is 2.10. The van der Waals surface area contributed by atoms with Crippen molar-refractivity contribution in [3.8, 4) is 0 Å². The molecule has 2 aromatic rings. The van der Waals surface area contributed by atoms with E-state index in [2.05, 4.69) is 20.7 Å². The van der Waals surface area contributed by atoms with E-state index >= 15 is 0 Å². The van der Waals surface area contributed by atoms with Crippen LogP contribution >= 0.6 is 0 Å². The van der Waals surface area contributed by atoms with Crippen LogP contribution in [0.25, 0.3) is 0 Å². The molecule has 3 amide bonds. The predicted octanol–water partition coefficient (Wildman–Crippen LogP) is 2.83. The summed E-state index contributed by atoms with van der Waals surface area (Å²) in [7, 11) is -3.43. The third kappa shape index (κ3) is 6.21. The van der Waals surface area contributed by atoms with Gasteiger partial charge in [-0.15, -0.1) is 0 Å². The fourth-order valence-electron chi connectivity index (χ4n) is 2.81. The number of urea groups is 1. The molecule has 29 heavy (non-hydrogen) atoms. The Morgan fingerprint density at radius 1 is 1.03 bits per heavy atom. The quantitative estimate of drug-likeness (QED) is 0.555. The van der Waals surface area contributed by atoms with Gasteiger partial charge in [0.05, 0.1) is 18.0 Å². The van der Waals surface area contributed by atoms with Gasteiger partial charge in [-0.25, -0.2) is 13.2 Å². The number of para-hydroxylation sites is 1. The van der Waals surface area contributed by atoms with Crippen LogP contribution in [0, 0.1) is 0 Å². The van der Waals surface area contributed by atoms with E-state index in [1.807, 2.05) is 0 Å². The first kappa shape index (κ1) is 20.7. The van der Waals surface area contributed by atoms with Gasteiger partial charge in [0, 0.05) is 17.3 Å². The lowest BCUT2D eigenvalue weighted by atomic mass is 10.1. The first-order chi connectivity index (χ1) is 13.7. The number of nitrogens with one attached hydrogen (secondary N) is 4. The second kappa shape index (κ2) is 8.52. The molecule has 2 aromatic carbocycles. The summed E-state index contributed by atoms with van der Waals surface area (Å²) in [4.78, 5) is 24.3. The Balaban J connectivity index is 1.63. The van der Waals surface area contributed by atoms with Crippen LogP contribution in [0.2, 0.25) is 0 Å². The zero-order valence-corrected chi connectivity index (χ0v) is 17.0. The number of rotatable bonds is 7.